The molecule has 11 heteroatoms. The first-order valence-corrected chi connectivity index (χ1v) is 12.4. The quantitative estimate of drug-likeness (QED) is 0.220. The summed E-state index contributed by atoms with van der Waals surface area (Å²) >= 11 is 0. The largest absolute Gasteiger partial charge is 0.504 e. The van der Waals surface area contributed by atoms with Gasteiger partial charge in [0.2, 0.25) is 0 Å². The molecule has 1 aliphatic rings. The van der Waals surface area contributed by atoms with E-state index in [1.54, 1.807) is 18.2 Å². The van der Waals surface area contributed by atoms with Crippen LogP contribution in [0.3, 0.4) is 0 Å². The second-order valence-electron chi connectivity index (χ2n) is 9.35. The zero-order valence-electron chi connectivity index (χ0n) is 22.2. The maximum atomic E-state index is 12.7. The molecule has 4 atom stereocenters. The highest BCUT2D eigenvalue weighted by molar-refractivity contribution is 5.84. The Labute approximate surface area is 230 Å². The summed E-state index contributed by atoms with van der Waals surface area (Å²) in [6, 6.07) is 13.5. The molecule has 0 saturated carbocycles. The van der Waals surface area contributed by atoms with Gasteiger partial charge >= 0.3 is 5.97 Å². The van der Waals surface area contributed by atoms with Gasteiger partial charge in [-0.05, 0) is 59.5 Å². The number of cyclic esters (lactones) is 1. The molecule has 0 amide bonds. The number of ether oxygens (including phenoxy) is 5. The Morgan fingerprint density at radius 1 is 0.900 bits per heavy atom. The van der Waals surface area contributed by atoms with Gasteiger partial charge in [0, 0.05) is 5.92 Å². The molecular formula is C29H32O11. The van der Waals surface area contributed by atoms with E-state index >= 15 is 0 Å². The number of hydrogen-bond acceptors (Lipinski definition) is 11. The molecule has 0 radical (unpaired) electrons. The van der Waals surface area contributed by atoms with Crippen LogP contribution in [-0.4, -0.2) is 72.1 Å². The van der Waals surface area contributed by atoms with E-state index < -0.39 is 36.3 Å². The van der Waals surface area contributed by atoms with Crippen molar-refractivity contribution in [3.63, 3.8) is 0 Å². The second-order valence-corrected chi connectivity index (χ2v) is 9.35. The molecule has 1 fully saturated rings. The molecule has 1 aliphatic heterocycles. The zero-order valence-corrected chi connectivity index (χ0v) is 22.2. The molecule has 3 aromatic carbocycles. The molecule has 214 valence electrons. The summed E-state index contributed by atoms with van der Waals surface area (Å²) < 4.78 is 26.8. The summed E-state index contributed by atoms with van der Waals surface area (Å²) in [5.41, 5.74) is -0.686. The monoisotopic (exact) mass is 556 g/mol. The molecule has 5 N–H and O–H groups in total. The zero-order chi connectivity index (χ0) is 29.0. The van der Waals surface area contributed by atoms with Crippen LogP contribution in [0.1, 0.15) is 22.8 Å². The Hall–Kier alpha value is -4.19. The van der Waals surface area contributed by atoms with E-state index in [1.165, 1.54) is 57.7 Å². The van der Waals surface area contributed by atoms with Gasteiger partial charge < -0.3 is 49.2 Å². The number of aliphatic hydroxyl groups excluding tert-OH is 2. The number of phenols is 2. The minimum Gasteiger partial charge on any atom is -0.504 e. The third kappa shape index (κ3) is 5.44. The van der Waals surface area contributed by atoms with Crippen LogP contribution in [0, 0.1) is 5.92 Å². The molecule has 0 aliphatic carbocycles. The third-order valence-electron chi connectivity index (χ3n) is 7.00. The van der Waals surface area contributed by atoms with Crippen LogP contribution in [0.5, 0.6) is 34.5 Å². The molecule has 4 rings (SSSR count). The topological polar surface area (TPSA) is 164 Å². The Bertz CT molecular complexity index is 1360. The number of esters is 1. The lowest BCUT2D eigenvalue weighted by Crippen LogP contribution is -2.39. The number of carbonyl (C=O) groups excluding carboxylic acids is 1. The Kier molecular flexibility index (Phi) is 8.58. The van der Waals surface area contributed by atoms with E-state index in [9.17, 15) is 30.3 Å². The van der Waals surface area contributed by atoms with Crippen molar-refractivity contribution < 1.29 is 54.0 Å². The van der Waals surface area contributed by atoms with Crippen molar-refractivity contribution in [2.75, 3.05) is 34.5 Å². The number of aliphatic hydroxyl groups is 3. The highest BCUT2D eigenvalue weighted by Gasteiger charge is 2.52. The molecule has 1 saturated heterocycles. The van der Waals surface area contributed by atoms with Gasteiger partial charge in [-0.1, -0.05) is 18.2 Å². The summed E-state index contributed by atoms with van der Waals surface area (Å²) in [6.45, 7) is -0.562. The van der Waals surface area contributed by atoms with Crippen LogP contribution in [0.25, 0.3) is 0 Å². The number of hydrogen-bond donors (Lipinski definition) is 5. The van der Waals surface area contributed by atoms with E-state index in [-0.39, 0.29) is 47.3 Å². The van der Waals surface area contributed by atoms with Crippen LogP contribution >= 0.6 is 0 Å². The maximum Gasteiger partial charge on any atom is 0.343 e. The predicted octanol–water partition coefficient (Wildman–Crippen LogP) is 2.20. The normalized spacial score (nSPS) is 19.9. The van der Waals surface area contributed by atoms with Gasteiger partial charge in [0.1, 0.15) is 6.10 Å². The highest BCUT2D eigenvalue weighted by Crippen LogP contribution is 2.42. The molecular weight excluding hydrogens is 524 g/mol. The SMILES string of the molecule is COc1cc(C(O)C(CO)Oc2ccc(CC3COC(=O)C3(O)c3ccc(O)c(OC)c3)cc2OC)ccc1O. The molecule has 0 bridgehead atoms. The number of aromatic hydroxyl groups is 2. The van der Waals surface area contributed by atoms with Crippen LogP contribution in [0.15, 0.2) is 54.6 Å². The first-order chi connectivity index (χ1) is 19.2. The fraction of sp³-hybridized carbons (Fsp3) is 0.345. The number of carbonyl (C=O) groups is 1. The van der Waals surface area contributed by atoms with Crippen LogP contribution in [0.4, 0.5) is 0 Å². The molecule has 0 spiro atoms. The average molecular weight is 557 g/mol. The number of benzene rings is 3. The lowest BCUT2D eigenvalue weighted by molar-refractivity contribution is -0.155. The van der Waals surface area contributed by atoms with Crippen molar-refractivity contribution in [2.24, 2.45) is 5.92 Å². The number of rotatable bonds is 11. The summed E-state index contributed by atoms with van der Waals surface area (Å²) in [4.78, 5) is 12.7. The van der Waals surface area contributed by atoms with Crippen LogP contribution < -0.4 is 18.9 Å². The fourth-order valence-corrected chi connectivity index (χ4v) is 4.73. The maximum absolute atomic E-state index is 12.7. The molecule has 4 unspecified atom stereocenters. The molecule has 1 heterocycles. The van der Waals surface area contributed by atoms with Crippen LogP contribution in [0.2, 0.25) is 0 Å². The minimum atomic E-state index is -1.97. The first-order valence-electron chi connectivity index (χ1n) is 12.4. The first kappa shape index (κ1) is 28.8. The van der Waals surface area contributed by atoms with Crippen LogP contribution in [-0.2, 0) is 21.6 Å². The Morgan fingerprint density at radius 3 is 2.20 bits per heavy atom. The summed E-state index contributed by atoms with van der Waals surface area (Å²) in [6.07, 6.45) is -2.12. The third-order valence-corrected chi connectivity index (χ3v) is 7.00. The molecule has 40 heavy (non-hydrogen) atoms. The van der Waals surface area contributed by atoms with Gasteiger partial charge in [-0.3, -0.25) is 0 Å². The number of methoxy groups -OCH3 is 3. The number of phenolic OH excluding ortho intramolecular Hbond substituents is 2. The minimum absolute atomic E-state index is 0.0338. The van der Waals surface area contributed by atoms with Crippen molar-refractivity contribution in [1.29, 1.82) is 0 Å². The van der Waals surface area contributed by atoms with E-state index in [0.29, 0.717) is 16.9 Å². The summed E-state index contributed by atoms with van der Waals surface area (Å²) in [5, 5.41) is 52.0. The van der Waals surface area contributed by atoms with E-state index in [1.807, 2.05) is 0 Å². The van der Waals surface area contributed by atoms with Crippen molar-refractivity contribution in [1.82, 2.24) is 0 Å². The predicted molar refractivity (Wildman–Crippen MR) is 141 cm³/mol. The average Bonchev–Trinajstić information content (AvgIpc) is 3.25. The van der Waals surface area contributed by atoms with Crippen molar-refractivity contribution in [2.45, 2.75) is 24.2 Å². The molecule has 0 aromatic heterocycles. The van der Waals surface area contributed by atoms with E-state index in [4.69, 9.17) is 23.7 Å². The van der Waals surface area contributed by atoms with Gasteiger partial charge in [0.15, 0.2) is 46.2 Å². The van der Waals surface area contributed by atoms with Gasteiger partial charge in [-0.15, -0.1) is 0 Å². The van der Waals surface area contributed by atoms with Crippen molar-refractivity contribution in [3.05, 3.63) is 71.3 Å². The Balaban J connectivity index is 1.55. The van der Waals surface area contributed by atoms with E-state index in [2.05, 4.69) is 0 Å². The standard InChI is InChI=1S/C29H32O11/c1-36-23-12-17(5-7-20(23)31)27(33)26(14-30)40-22-9-4-16(11-25(22)38-3)10-19-15-39-28(34)29(19,35)18-6-8-21(32)24(13-18)37-2/h4-9,11-13,19,26-27,30-33,35H,10,14-15H2,1-3H3. The fourth-order valence-electron chi connectivity index (χ4n) is 4.73. The Morgan fingerprint density at radius 2 is 1.55 bits per heavy atom. The lowest BCUT2D eigenvalue weighted by Gasteiger charge is -2.27. The smallest absolute Gasteiger partial charge is 0.343 e. The lowest BCUT2D eigenvalue weighted by atomic mass is 9.80. The summed E-state index contributed by atoms with van der Waals surface area (Å²) in [7, 11) is 4.18. The van der Waals surface area contributed by atoms with Gasteiger partial charge in [0.05, 0.1) is 34.5 Å². The molecule has 11 nitrogen and oxygen atoms in total. The van der Waals surface area contributed by atoms with Gasteiger partial charge in [-0.2, -0.15) is 0 Å². The summed E-state index contributed by atoms with van der Waals surface area (Å²) in [5.74, 6) is -0.880. The van der Waals surface area contributed by atoms with Gasteiger partial charge in [-0.25, -0.2) is 4.79 Å². The van der Waals surface area contributed by atoms with Crippen molar-refractivity contribution >= 4 is 5.97 Å². The van der Waals surface area contributed by atoms with Crippen molar-refractivity contribution in [3.8, 4) is 34.5 Å². The molecule has 3 aromatic rings. The van der Waals surface area contributed by atoms with E-state index in [0.717, 1.165) is 0 Å². The second kappa shape index (κ2) is 11.9. The van der Waals surface area contributed by atoms with Gasteiger partial charge in [0.25, 0.3) is 0 Å². The highest BCUT2D eigenvalue weighted by atomic mass is 16.6.